The Morgan fingerprint density at radius 2 is 1.82 bits per heavy atom. The number of fused-ring (bicyclic) bond motifs is 1. The highest BCUT2D eigenvalue weighted by Crippen LogP contribution is 2.33. The number of benzene rings is 2. The number of para-hydroxylation sites is 2. The van der Waals surface area contributed by atoms with E-state index in [2.05, 4.69) is 5.32 Å². The second-order valence-corrected chi connectivity index (χ2v) is 8.11. The molecule has 0 saturated carbocycles. The largest absolute Gasteiger partial charge is 0.477 e. The van der Waals surface area contributed by atoms with E-state index in [1.165, 1.54) is 24.0 Å². The van der Waals surface area contributed by atoms with Gasteiger partial charge in [-0.05, 0) is 36.8 Å². The van der Waals surface area contributed by atoms with E-state index in [0.29, 0.717) is 17.0 Å². The molecule has 0 aromatic heterocycles. The number of sulfonamides is 1. The van der Waals surface area contributed by atoms with Gasteiger partial charge in [-0.25, -0.2) is 13.6 Å². The van der Waals surface area contributed by atoms with E-state index in [-0.39, 0.29) is 23.3 Å². The van der Waals surface area contributed by atoms with Crippen LogP contribution in [0.4, 0.5) is 5.69 Å². The Hall–Kier alpha value is -2.91. The summed E-state index contributed by atoms with van der Waals surface area (Å²) in [6.45, 7) is 3.31. The van der Waals surface area contributed by atoms with E-state index in [4.69, 9.17) is 9.88 Å². The van der Waals surface area contributed by atoms with Crippen molar-refractivity contribution in [1.82, 2.24) is 5.32 Å². The van der Waals surface area contributed by atoms with Crippen LogP contribution in [0.25, 0.3) is 0 Å². The summed E-state index contributed by atoms with van der Waals surface area (Å²) in [6, 6.07) is 12.6. The van der Waals surface area contributed by atoms with Gasteiger partial charge in [0.05, 0.1) is 23.2 Å². The normalized spacial score (nSPS) is 17.2. The fourth-order valence-electron chi connectivity index (χ4n) is 3.00. The van der Waals surface area contributed by atoms with Gasteiger partial charge in [-0.3, -0.25) is 9.59 Å². The number of carbonyl (C=O) groups excluding carboxylic acids is 2. The summed E-state index contributed by atoms with van der Waals surface area (Å²) < 4.78 is 28.5. The molecule has 0 bridgehead atoms. The van der Waals surface area contributed by atoms with E-state index < -0.39 is 22.2 Å². The van der Waals surface area contributed by atoms with Crippen LogP contribution < -0.4 is 20.1 Å². The van der Waals surface area contributed by atoms with Crippen LogP contribution in [0.3, 0.4) is 0 Å². The van der Waals surface area contributed by atoms with Crippen molar-refractivity contribution in [2.75, 3.05) is 11.4 Å². The molecular weight excluding hydrogens is 382 g/mol. The van der Waals surface area contributed by atoms with Crippen LogP contribution in [0.5, 0.6) is 5.75 Å². The van der Waals surface area contributed by atoms with Crippen LogP contribution in [0.2, 0.25) is 0 Å². The molecule has 28 heavy (non-hydrogen) atoms. The summed E-state index contributed by atoms with van der Waals surface area (Å²) in [5, 5.41) is 7.92. The van der Waals surface area contributed by atoms with Crippen molar-refractivity contribution in [2.24, 2.45) is 5.14 Å². The maximum Gasteiger partial charge on any atom is 0.263 e. The first kappa shape index (κ1) is 19.8. The standard InChI is InChI=1S/C19H21N3O5S/c1-12(14-7-9-15(10-8-14)28(20,25)26)21-19(24)18-11-22(13(2)23)16-5-3-4-6-17(16)27-18/h3-10,12,18H,11H2,1-2H3,(H,21,24)(H2,20,25,26). The smallest absolute Gasteiger partial charge is 0.263 e. The number of rotatable bonds is 4. The van der Waals surface area contributed by atoms with Gasteiger partial charge in [-0.1, -0.05) is 24.3 Å². The minimum absolute atomic E-state index is 0.000836. The molecule has 1 aliphatic heterocycles. The first-order valence-corrected chi connectivity index (χ1v) is 10.2. The molecule has 3 rings (SSSR count). The third-order valence-electron chi connectivity index (χ3n) is 4.51. The number of amides is 2. The third kappa shape index (κ3) is 4.15. The van der Waals surface area contributed by atoms with Gasteiger partial charge in [0.2, 0.25) is 15.9 Å². The van der Waals surface area contributed by atoms with E-state index in [0.717, 1.165) is 0 Å². The minimum atomic E-state index is -3.77. The highest BCUT2D eigenvalue weighted by molar-refractivity contribution is 7.89. The molecule has 0 fully saturated rings. The molecule has 8 nitrogen and oxygen atoms in total. The average molecular weight is 403 g/mol. The van der Waals surface area contributed by atoms with Gasteiger partial charge in [0.15, 0.2) is 6.10 Å². The molecule has 1 aliphatic rings. The number of nitrogens with one attached hydrogen (secondary N) is 1. The molecule has 0 radical (unpaired) electrons. The van der Waals surface area contributed by atoms with Crippen molar-refractivity contribution < 1.29 is 22.7 Å². The number of nitrogens with two attached hydrogens (primary N) is 1. The molecule has 2 atom stereocenters. The zero-order valence-corrected chi connectivity index (χ0v) is 16.3. The number of primary sulfonamides is 1. The van der Waals surface area contributed by atoms with Crippen molar-refractivity contribution >= 4 is 27.5 Å². The highest BCUT2D eigenvalue weighted by Gasteiger charge is 2.33. The number of hydrogen-bond acceptors (Lipinski definition) is 5. The van der Waals surface area contributed by atoms with Crippen LogP contribution in [0.15, 0.2) is 53.4 Å². The SMILES string of the molecule is CC(=O)N1CC(C(=O)NC(C)c2ccc(S(N)(=O)=O)cc2)Oc2ccccc21. The predicted molar refractivity (Wildman–Crippen MR) is 103 cm³/mol. The van der Waals surface area contributed by atoms with Crippen molar-refractivity contribution in [3.8, 4) is 5.75 Å². The Balaban J connectivity index is 1.73. The van der Waals surface area contributed by atoms with E-state index >= 15 is 0 Å². The molecule has 2 amide bonds. The van der Waals surface area contributed by atoms with Crippen LogP contribution in [0, 0.1) is 0 Å². The quantitative estimate of drug-likeness (QED) is 0.798. The first-order chi connectivity index (χ1) is 13.2. The summed E-state index contributed by atoms with van der Waals surface area (Å²) in [5.74, 6) is -0.0850. The van der Waals surface area contributed by atoms with Gasteiger partial charge in [0.1, 0.15) is 5.75 Å². The Bertz CT molecular complexity index is 1000. The van der Waals surface area contributed by atoms with Gasteiger partial charge < -0.3 is 15.0 Å². The molecule has 0 spiro atoms. The Kier molecular flexibility index (Phi) is 5.39. The lowest BCUT2D eigenvalue weighted by Gasteiger charge is -2.34. The zero-order valence-electron chi connectivity index (χ0n) is 15.5. The van der Waals surface area contributed by atoms with Crippen molar-refractivity contribution in [3.05, 3.63) is 54.1 Å². The maximum atomic E-state index is 12.7. The van der Waals surface area contributed by atoms with Gasteiger partial charge in [-0.2, -0.15) is 0 Å². The molecule has 9 heteroatoms. The van der Waals surface area contributed by atoms with E-state index in [9.17, 15) is 18.0 Å². The van der Waals surface area contributed by atoms with Crippen molar-refractivity contribution in [1.29, 1.82) is 0 Å². The minimum Gasteiger partial charge on any atom is -0.477 e. The van der Waals surface area contributed by atoms with E-state index in [1.54, 1.807) is 43.3 Å². The van der Waals surface area contributed by atoms with Gasteiger partial charge in [-0.15, -0.1) is 0 Å². The Labute approximate surface area is 163 Å². The first-order valence-electron chi connectivity index (χ1n) is 8.64. The summed E-state index contributed by atoms with van der Waals surface area (Å²) in [6.07, 6.45) is -0.857. The summed E-state index contributed by atoms with van der Waals surface area (Å²) in [4.78, 5) is 26.2. The molecule has 2 aromatic carbocycles. The Morgan fingerprint density at radius 1 is 1.18 bits per heavy atom. The number of carbonyl (C=O) groups is 2. The lowest BCUT2D eigenvalue weighted by Crippen LogP contribution is -2.50. The van der Waals surface area contributed by atoms with E-state index in [1.807, 2.05) is 0 Å². The molecule has 148 valence electrons. The van der Waals surface area contributed by atoms with Crippen molar-refractivity contribution in [3.63, 3.8) is 0 Å². The molecule has 1 heterocycles. The zero-order chi connectivity index (χ0) is 20.5. The fraction of sp³-hybridized carbons (Fsp3) is 0.263. The molecule has 0 aliphatic carbocycles. The Morgan fingerprint density at radius 3 is 2.43 bits per heavy atom. The van der Waals surface area contributed by atoms with Gasteiger partial charge in [0, 0.05) is 6.92 Å². The second-order valence-electron chi connectivity index (χ2n) is 6.55. The summed E-state index contributed by atoms with van der Waals surface area (Å²) >= 11 is 0. The summed E-state index contributed by atoms with van der Waals surface area (Å²) in [7, 11) is -3.77. The third-order valence-corrected chi connectivity index (χ3v) is 5.44. The van der Waals surface area contributed by atoms with Gasteiger partial charge in [0.25, 0.3) is 5.91 Å². The number of nitrogens with zero attached hydrogens (tertiary/aromatic N) is 1. The number of anilines is 1. The van der Waals surface area contributed by atoms with Gasteiger partial charge >= 0.3 is 0 Å². The lowest BCUT2D eigenvalue weighted by atomic mass is 10.1. The maximum absolute atomic E-state index is 12.7. The predicted octanol–water partition coefficient (Wildman–Crippen LogP) is 1.33. The monoisotopic (exact) mass is 403 g/mol. The number of ether oxygens (including phenoxy) is 1. The molecule has 2 unspecified atom stereocenters. The average Bonchev–Trinajstić information content (AvgIpc) is 2.66. The highest BCUT2D eigenvalue weighted by atomic mass is 32.2. The summed E-state index contributed by atoms with van der Waals surface area (Å²) in [5.41, 5.74) is 1.34. The van der Waals surface area contributed by atoms with Crippen LogP contribution in [-0.4, -0.2) is 32.9 Å². The molecular formula is C19H21N3O5S. The fourth-order valence-corrected chi connectivity index (χ4v) is 3.52. The topological polar surface area (TPSA) is 119 Å². The second kappa shape index (κ2) is 7.61. The van der Waals surface area contributed by atoms with Crippen LogP contribution >= 0.6 is 0 Å². The molecule has 0 saturated heterocycles. The van der Waals surface area contributed by atoms with Crippen LogP contribution in [0.1, 0.15) is 25.5 Å². The van der Waals surface area contributed by atoms with Crippen LogP contribution in [-0.2, 0) is 19.6 Å². The van der Waals surface area contributed by atoms with Crippen molar-refractivity contribution in [2.45, 2.75) is 30.9 Å². The lowest BCUT2D eigenvalue weighted by molar-refractivity contribution is -0.129. The molecule has 3 N–H and O–H groups in total. The molecule has 2 aromatic rings. The number of hydrogen-bond donors (Lipinski definition) is 2.